The number of ether oxygens (including phenoxy) is 2. The van der Waals surface area contributed by atoms with Gasteiger partial charge in [-0.1, -0.05) is 32.6 Å². The fourth-order valence-electron chi connectivity index (χ4n) is 3.12. The quantitative estimate of drug-likeness (QED) is 0.593. The molecule has 27 heavy (non-hydrogen) atoms. The Balaban J connectivity index is 1.72. The minimum absolute atomic E-state index is 0.218. The lowest BCUT2D eigenvalue weighted by atomic mass is 10.2. The molecule has 0 aliphatic carbocycles. The van der Waals surface area contributed by atoms with Crippen molar-refractivity contribution in [2.75, 3.05) is 37.7 Å². The molecule has 1 heterocycles. The number of hydrogen-bond acceptors (Lipinski definition) is 4. The number of unbranched alkanes of at least 4 members (excludes halogenated alkanes) is 4. The smallest absolute Gasteiger partial charge is 0.410 e. The van der Waals surface area contributed by atoms with E-state index in [9.17, 15) is 4.79 Å². The molecule has 1 aliphatic heterocycles. The molecule has 0 unspecified atom stereocenters. The Morgan fingerprint density at radius 2 is 1.59 bits per heavy atom. The van der Waals surface area contributed by atoms with Crippen LogP contribution in [-0.4, -0.2) is 49.4 Å². The summed E-state index contributed by atoms with van der Waals surface area (Å²) in [5.74, 6) is 0.932. The topological polar surface area (TPSA) is 42.0 Å². The molecule has 0 bridgehead atoms. The van der Waals surface area contributed by atoms with Crippen molar-refractivity contribution < 1.29 is 14.3 Å². The third-order valence-corrected chi connectivity index (χ3v) is 4.65. The van der Waals surface area contributed by atoms with Crippen LogP contribution in [0.5, 0.6) is 5.75 Å². The number of hydrogen-bond donors (Lipinski definition) is 0. The molecule has 0 N–H and O–H groups in total. The van der Waals surface area contributed by atoms with Gasteiger partial charge in [-0.3, -0.25) is 0 Å². The maximum atomic E-state index is 12.2. The summed E-state index contributed by atoms with van der Waals surface area (Å²) in [6.45, 7) is 11.7. The van der Waals surface area contributed by atoms with Crippen LogP contribution in [0.25, 0.3) is 0 Å². The number of benzene rings is 1. The molecule has 0 spiro atoms. The second-order valence-corrected chi connectivity index (χ2v) is 8.21. The largest absolute Gasteiger partial charge is 0.494 e. The Morgan fingerprint density at radius 1 is 0.963 bits per heavy atom. The van der Waals surface area contributed by atoms with E-state index >= 15 is 0 Å². The number of carbonyl (C=O) groups is 1. The summed E-state index contributed by atoms with van der Waals surface area (Å²) < 4.78 is 11.3. The zero-order valence-electron chi connectivity index (χ0n) is 17.5. The Kier molecular flexibility index (Phi) is 8.26. The van der Waals surface area contributed by atoms with Crippen molar-refractivity contribution in [2.24, 2.45) is 0 Å². The van der Waals surface area contributed by atoms with Gasteiger partial charge in [0.2, 0.25) is 0 Å². The molecular formula is C22H36N2O3. The lowest BCUT2D eigenvalue weighted by molar-refractivity contribution is 0.0240. The fourth-order valence-corrected chi connectivity index (χ4v) is 3.12. The summed E-state index contributed by atoms with van der Waals surface area (Å²) in [6, 6.07) is 8.30. The average Bonchev–Trinajstić information content (AvgIpc) is 2.64. The zero-order chi connectivity index (χ0) is 19.7. The van der Waals surface area contributed by atoms with Gasteiger partial charge in [0, 0.05) is 31.9 Å². The van der Waals surface area contributed by atoms with E-state index in [2.05, 4.69) is 24.0 Å². The van der Waals surface area contributed by atoms with Crippen LogP contribution >= 0.6 is 0 Å². The Bertz CT molecular complexity index is 558. The molecule has 0 saturated carbocycles. The van der Waals surface area contributed by atoms with Gasteiger partial charge in [-0.15, -0.1) is 0 Å². The highest BCUT2D eigenvalue weighted by molar-refractivity contribution is 5.68. The van der Waals surface area contributed by atoms with Crippen molar-refractivity contribution >= 4 is 11.8 Å². The number of piperazine rings is 1. The minimum atomic E-state index is -0.444. The van der Waals surface area contributed by atoms with Gasteiger partial charge in [-0.25, -0.2) is 4.79 Å². The molecule has 1 saturated heterocycles. The number of anilines is 1. The van der Waals surface area contributed by atoms with Crippen LogP contribution < -0.4 is 9.64 Å². The third-order valence-electron chi connectivity index (χ3n) is 4.65. The fraction of sp³-hybridized carbons (Fsp3) is 0.682. The SMILES string of the molecule is CCCCCCCOc1ccc(N2CCN(C(=O)OC(C)(C)C)CC2)cc1. The molecule has 0 aromatic heterocycles. The van der Waals surface area contributed by atoms with Crippen molar-refractivity contribution in [3.05, 3.63) is 24.3 Å². The Hall–Kier alpha value is -1.91. The second kappa shape index (κ2) is 10.4. The molecule has 0 atom stereocenters. The number of carbonyl (C=O) groups excluding carboxylic acids is 1. The van der Waals surface area contributed by atoms with Crippen molar-refractivity contribution in [3.63, 3.8) is 0 Å². The number of nitrogens with zero attached hydrogens (tertiary/aromatic N) is 2. The molecular weight excluding hydrogens is 340 g/mol. The van der Waals surface area contributed by atoms with Crippen LogP contribution in [0.4, 0.5) is 10.5 Å². The Labute approximate surface area is 164 Å². The van der Waals surface area contributed by atoms with E-state index in [-0.39, 0.29) is 6.09 Å². The van der Waals surface area contributed by atoms with Crippen LogP contribution in [0.15, 0.2) is 24.3 Å². The first kappa shape index (κ1) is 21.4. The molecule has 1 aromatic carbocycles. The predicted molar refractivity (Wildman–Crippen MR) is 111 cm³/mol. The van der Waals surface area contributed by atoms with Gasteiger partial charge in [-0.2, -0.15) is 0 Å². The molecule has 1 aliphatic rings. The van der Waals surface area contributed by atoms with E-state index in [4.69, 9.17) is 9.47 Å². The summed E-state index contributed by atoms with van der Waals surface area (Å²) in [4.78, 5) is 16.2. The molecule has 152 valence electrons. The van der Waals surface area contributed by atoms with Gasteiger partial charge in [0.15, 0.2) is 0 Å². The summed E-state index contributed by atoms with van der Waals surface area (Å²) in [6.07, 6.45) is 6.03. The van der Waals surface area contributed by atoms with Crippen LogP contribution in [0.1, 0.15) is 59.8 Å². The van der Waals surface area contributed by atoms with E-state index in [0.29, 0.717) is 13.1 Å². The van der Waals surface area contributed by atoms with Gasteiger partial charge in [0.1, 0.15) is 11.4 Å². The first-order valence-corrected chi connectivity index (χ1v) is 10.3. The van der Waals surface area contributed by atoms with Crippen molar-refractivity contribution in [1.29, 1.82) is 0 Å². The lowest BCUT2D eigenvalue weighted by Crippen LogP contribution is -2.50. The summed E-state index contributed by atoms with van der Waals surface area (Å²) >= 11 is 0. The average molecular weight is 377 g/mol. The minimum Gasteiger partial charge on any atom is -0.494 e. The molecule has 1 aromatic rings. The predicted octanol–water partition coefficient (Wildman–Crippen LogP) is 5.09. The molecule has 0 radical (unpaired) electrons. The van der Waals surface area contributed by atoms with Gasteiger partial charge in [0.05, 0.1) is 6.61 Å². The third kappa shape index (κ3) is 7.69. The maximum absolute atomic E-state index is 12.2. The highest BCUT2D eigenvalue weighted by Crippen LogP contribution is 2.22. The van der Waals surface area contributed by atoms with Crippen molar-refractivity contribution in [2.45, 2.75) is 65.4 Å². The van der Waals surface area contributed by atoms with Crippen LogP contribution in [0.2, 0.25) is 0 Å². The summed E-state index contributed by atoms with van der Waals surface area (Å²) in [5.41, 5.74) is 0.731. The number of rotatable bonds is 8. The molecule has 1 fully saturated rings. The zero-order valence-corrected chi connectivity index (χ0v) is 17.5. The highest BCUT2D eigenvalue weighted by Gasteiger charge is 2.25. The first-order valence-electron chi connectivity index (χ1n) is 10.3. The number of amides is 1. The maximum Gasteiger partial charge on any atom is 0.410 e. The molecule has 2 rings (SSSR count). The van der Waals surface area contributed by atoms with Gasteiger partial charge in [-0.05, 0) is 51.5 Å². The first-order chi connectivity index (χ1) is 12.9. The highest BCUT2D eigenvalue weighted by atomic mass is 16.6. The summed E-state index contributed by atoms with van der Waals surface area (Å²) in [7, 11) is 0. The lowest BCUT2D eigenvalue weighted by Gasteiger charge is -2.36. The van der Waals surface area contributed by atoms with Gasteiger partial charge >= 0.3 is 6.09 Å². The second-order valence-electron chi connectivity index (χ2n) is 8.21. The Morgan fingerprint density at radius 3 is 2.19 bits per heavy atom. The van der Waals surface area contributed by atoms with E-state index in [1.165, 1.54) is 31.4 Å². The van der Waals surface area contributed by atoms with E-state index in [1.807, 2.05) is 32.9 Å². The van der Waals surface area contributed by atoms with Crippen LogP contribution in [-0.2, 0) is 4.74 Å². The summed E-state index contributed by atoms with van der Waals surface area (Å²) in [5, 5.41) is 0. The molecule has 5 nitrogen and oxygen atoms in total. The van der Waals surface area contributed by atoms with Gasteiger partial charge < -0.3 is 19.3 Å². The van der Waals surface area contributed by atoms with Crippen molar-refractivity contribution in [3.8, 4) is 5.75 Å². The van der Waals surface area contributed by atoms with Crippen molar-refractivity contribution in [1.82, 2.24) is 4.90 Å². The standard InChI is InChI=1S/C22H36N2O3/c1-5-6-7-8-9-18-26-20-12-10-19(11-13-20)23-14-16-24(17-15-23)21(25)27-22(2,3)4/h10-13H,5-9,14-18H2,1-4H3. The molecule has 1 amide bonds. The monoisotopic (exact) mass is 376 g/mol. The molecule has 5 heteroatoms. The van der Waals surface area contributed by atoms with Crippen LogP contribution in [0.3, 0.4) is 0 Å². The van der Waals surface area contributed by atoms with E-state index < -0.39 is 5.60 Å². The normalized spacial score (nSPS) is 15.0. The van der Waals surface area contributed by atoms with Crippen LogP contribution in [0, 0.1) is 0 Å². The van der Waals surface area contributed by atoms with E-state index in [1.54, 1.807) is 4.90 Å². The van der Waals surface area contributed by atoms with E-state index in [0.717, 1.165) is 31.9 Å². The van der Waals surface area contributed by atoms with Gasteiger partial charge in [0.25, 0.3) is 0 Å².